The van der Waals surface area contributed by atoms with E-state index in [1.54, 1.807) is 18.4 Å². The lowest BCUT2D eigenvalue weighted by Crippen LogP contribution is -2.25. The van der Waals surface area contributed by atoms with Crippen LogP contribution in [-0.2, 0) is 4.79 Å². The number of ketones is 1. The fraction of sp³-hybridized carbons (Fsp3) is 0.294. The highest BCUT2D eigenvalue weighted by Gasteiger charge is 2.31. The molecule has 1 aromatic rings. The topological polar surface area (TPSA) is 49.7 Å². The number of hydrogen-bond donors (Lipinski definition) is 1. The summed E-state index contributed by atoms with van der Waals surface area (Å²) in [7, 11) is 0. The highest BCUT2D eigenvalue weighted by atomic mass is 16.3. The summed E-state index contributed by atoms with van der Waals surface area (Å²) in [5.41, 5.74) is 1.10. The lowest BCUT2D eigenvalue weighted by atomic mass is 9.76. The van der Waals surface area contributed by atoms with E-state index < -0.39 is 0 Å². The monoisotopic (exact) mass is 269 g/mol. The van der Waals surface area contributed by atoms with Gasteiger partial charge in [-0.05, 0) is 29.7 Å². The minimum absolute atomic E-state index is 0.0110. The first-order chi connectivity index (χ1) is 9.48. The molecule has 0 aliphatic heterocycles. The minimum atomic E-state index is -0.156. The van der Waals surface area contributed by atoms with Gasteiger partial charge in [0.15, 0.2) is 5.78 Å². The number of hydrogen-bond acceptors (Lipinski definition) is 3. The van der Waals surface area contributed by atoms with Gasteiger partial charge in [-0.15, -0.1) is 0 Å². The van der Waals surface area contributed by atoms with E-state index in [0.717, 1.165) is 5.69 Å². The zero-order valence-corrected chi connectivity index (χ0v) is 11.8. The molecule has 1 aromatic carbocycles. The molecular formula is C17H19NO2. The lowest BCUT2D eigenvalue weighted by Gasteiger charge is -2.28. The number of benzene rings is 1. The van der Waals surface area contributed by atoms with Gasteiger partial charge in [0.25, 0.3) is 0 Å². The number of allylic oxidation sites excluding steroid dienone is 4. The zero-order chi connectivity index (χ0) is 14.6. The number of aliphatic hydroxyl groups is 1. The maximum Gasteiger partial charge on any atom is 0.166 e. The highest BCUT2D eigenvalue weighted by Crippen LogP contribution is 2.35. The molecule has 0 amide bonds. The van der Waals surface area contributed by atoms with Crippen LogP contribution in [0.5, 0.6) is 0 Å². The maximum absolute atomic E-state index is 12.0. The normalized spacial score (nSPS) is 19.2. The Kier molecular flexibility index (Phi) is 4.18. The summed E-state index contributed by atoms with van der Waals surface area (Å²) in [6, 6.07) is 9.56. The van der Waals surface area contributed by atoms with Gasteiger partial charge in [-0.2, -0.15) is 0 Å². The molecule has 0 heterocycles. The molecule has 2 rings (SSSR count). The van der Waals surface area contributed by atoms with E-state index in [1.165, 1.54) is 0 Å². The number of aliphatic imine (C=N–C) groups is 1. The van der Waals surface area contributed by atoms with Crippen LogP contribution in [0.25, 0.3) is 0 Å². The van der Waals surface area contributed by atoms with Gasteiger partial charge in [-0.3, -0.25) is 9.79 Å². The Morgan fingerprint density at radius 3 is 2.55 bits per heavy atom. The third-order valence-electron chi connectivity index (χ3n) is 3.23. The largest absolute Gasteiger partial charge is 0.512 e. The van der Waals surface area contributed by atoms with Gasteiger partial charge in [-0.1, -0.05) is 32.0 Å². The Balaban J connectivity index is 2.08. The second-order valence-corrected chi connectivity index (χ2v) is 5.77. The van der Waals surface area contributed by atoms with Gasteiger partial charge in [0.2, 0.25) is 0 Å². The Morgan fingerprint density at radius 1 is 1.20 bits per heavy atom. The van der Waals surface area contributed by atoms with Gasteiger partial charge in [0.1, 0.15) is 5.76 Å². The molecule has 1 aliphatic carbocycles. The van der Waals surface area contributed by atoms with E-state index >= 15 is 0 Å². The molecule has 0 atom stereocenters. The quantitative estimate of drug-likeness (QED) is 0.838. The van der Waals surface area contributed by atoms with Crippen LogP contribution in [0, 0.1) is 5.41 Å². The average Bonchev–Trinajstić information content (AvgIpc) is 2.37. The van der Waals surface area contributed by atoms with Crippen molar-refractivity contribution >= 4 is 17.7 Å². The SMILES string of the molecule is CC1(C)CC(=O)C(C=CC=Nc2ccccc2)=C(O)C1. The Bertz CT molecular complexity index is 580. The summed E-state index contributed by atoms with van der Waals surface area (Å²) < 4.78 is 0. The van der Waals surface area contributed by atoms with Gasteiger partial charge < -0.3 is 5.11 Å². The van der Waals surface area contributed by atoms with Gasteiger partial charge in [0.05, 0.1) is 11.3 Å². The van der Waals surface area contributed by atoms with Crippen molar-refractivity contribution in [1.82, 2.24) is 0 Å². The Morgan fingerprint density at radius 2 is 1.90 bits per heavy atom. The van der Waals surface area contributed by atoms with Crippen LogP contribution in [0.2, 0.25) is 0 Å². The van der Waals surface area contributed by atoms with E-state index in [4.69, 9.17) is 0 Å². The fourth-order valence-corrected chi connectivity index (χ4v) is 2.27. The van der Waals surface area contributed by atoms with Crippen LogP contribution < -0.4 is 0 Å². The molecule has 0 radical (unpaired) electrons. The molecule has 20 heavy (non-hydrogen) atoms. The van der Waals surface area contributed by atoms with Crippen LogP contribution in [0.1, 0.15) is 26.7 Å². The van der Waals surface area contributed by atoms with Crippen molar-refractivity contribution in [1.29, 1.82) is 0 Å². The van der Waals surface area contributed by atoms with Gasteiger partial charge >= 0.3 is 0 Å². The molecule has 1 N–H and O–H groups in total. The van der Waals surface area contributed by atoms with Crippen molar-refractivity contribution in [2.45, 2.75) is 26.7 Å². The summed E-state index contributed by atoms with van der Waals surface area (Å²) in [6.07, 6.45) is 5.96. The van der Waals surface area contributed by atoms with E-state index in [9.17, 15) is 9.90 Å². The van der Waals surface area contributed by atoms with Crippen LogP contribution in [-0.4, -0.2) is 17.1 Å². The molecule has 1 aliphatic rings. The van der Waals surface area contributed by atoms with E-state index in [1.807, 2.05) is 44.2 Å². The molecule has 0 fully saturated rings. The van der Waals surface area contributed by atoms with Crippen molar-refractivity contribution in [2.24, 2.45) is 10.4 Å². The van der Waals surface area contributed by atoms with Gasteiger partial charge in [-0.25, -0.2) is 0 Å². The van der Waals surface area contributed by atoms with Crippen molar-refractivity contribution in [2.75, 3.05) is 0 Å². The van der Waals surface area contributed by atoms with Crippen LogP contribution in [0.15, 0.2) is 58.8 Å². The summed E-state index contributed by atoms with van der Waals surface area (Å²) in [6.45, 7) is 3.97. The summed E-state index contributed by atoms with van der Waals surface area (Å²) in [4.78, 5) is 16.2. The van der Waals surface area contributed by atoms with E-state index in [2.05, 4.69) is 4.99 Å². The van der Waals surface area contributed by atoms with Crippen molar-refractivity contribution in [3.63, 3.8) is 0 Å². The first kappa shape index (κ1) is 14.3. The summed E-state index contributed by atoms with van der Waals surface area (Å²) >= 11 is 0. The number of nitrogens with zero attached hydrogens (tertiary/aromatic N) is 1. The number of carbonyl (C=O) groups excluding carboxylic acids is 1. The number of para-hydroxylation sites is 1. The smallest absolute Gasteiger partial charge is 0.166 e. The predicted octanol–water partition coefficient (Wildman–Crippen LogP) is 4.15. The summed E-state index contributed by atoms with van der Waals surface area (Å²) in [5.74, 6) is 0.165. The van der Waals surface area contributed by atoms with Crippen molar-refractivity contribution < 1.29 is 9.90 Å². The molecule has 3 nitrogen and oxygen atoms in total. The van der Waals surface area contributed by atoms with Crippen LogP contribution >= 0.6 is 0 Å². The average molecular weight is 269 g/mol. The highest BCUT2D eigenvalue weighted by molar-refractivity contribution is 6.00. The van der Waals surface area contributed by atoms with Crippen LogP contribution in [0.4, 0.5) is 5.69 Å². The second kappa shape index (κ2) is 5.87. The number of carbonyl (C=O) groups is 1. The lowest BCUT2D eigenvalue weighted by molar-refractivity contribution is -0.118. The fourth-order valence-electron chi connectivity index (χ4n) is 2.27. The standard InChI is InChI=1S/C17H19NO2/c1-17(2)11-15(19)14(16(20)12-17)9-6-10-18-13-7-4-3-5-8-13/h3-10,19H,11-12H2,1-2H3. The molecular weight excluding hydrogens is 250 g/mol. The summed E-state index contributed by atoms with van der Waals surface area (Å²) in [5, 5.41) is 9.95. The van der Waals surface area contributed by atoms with Crippen molar-refractivity contribution in [3.8, 4) is 0 Å². The minimum Gasteiger partial charge on any atom is -0.512 e. The molecule has 0 saturated carbocycles. The third kappa shape index (κ3) is 3.67. The molecule has 0 spiro atoms. The molecule has 0 unspecified atom stereocenters. The first-order valence-electron chi connectivity index (χ1n) is 6.69. The molecule has 0 saturated heterocycles. The number of Topliss-reactive ketones (excluding diaryl/α,β-unsaturated/α-hetero) is 1. The molecule has 104 valence electrons. The van der Waals surface area contributed by atoms with Gasteiger partial charge in [0, 0.05) is 19.1 Å². The maximum atomic E-state index is 12.0. The molecule has 0 aromatic heterocycles. The first-order valence-corrected chi connectivity index (χ1v) is 6.69. The van der Waals surface area contributed by atoms with E-state index in [-0.39, 0.29) is 17.0 Å². The van der Waals surface area contributed by atoms with E-state index in [0.29, 0.717) is 18.4 Å². The second-order valence-electron chi connectivity index (χ2n) is 5.77. The number of aliphatic hydroxyl groups excluding tert-OH is 1. The molecule has 0 bridgehead atoms. The third-order valence-corrected chi connectivity index (χ3v) is 3.23. The van der Waals surface area contributed by atoms with Crippen LogP contribution in [0.3, 0.4) is 0 Å². The number of rotatable bonds is 3. The molecule has 3 heteroatoms. The predicted molar refractivity (Wildman–Crippen MR) is 81.4 cm³/mol. The Labute approximate surface area is 119 Å². The van der Waals surface area contributed by atoms with Crippen molar-refractivity contribution in [3.05, 3.63) is 53.8 Å². The Hall–Kier alpha value is -2.16. The zero-order valence-electron chi connectivity index (χ0n) is 11.8.